The molecule has 26 heavy (non-hydrogen) atoms. The van der Waals surface area contributed by atoms with E-state index in [-0.39, 0.29) is 17.6 Å². The van der Waals surface area contributed by atoms with E-state index in [1.807, 2.05) is 0 Å². The third-order valence-electron chi connectivity index (χ3n) is 4.45. The molecule has 3 N–H and O–H groups in total. The minimum atomic E-state index is -4.61. The van der Waals surface area contributed by atoms with Gasteiger partial charge in [-0.1, -0.05) is 12.1 Å². The largest absolute Gasteiger partial charge is 0.458 e. The summed E-state index contributed by atoms with van der Waals surface area (Å²) in [4.78, 5) is 7.45. The molecule has 0 saturated heterocycles. The zero-order chi connectivity index (χ0) is 18.5. The first-order valence-electron chi connectivity index (χ1n) is 8.00. The molecule has 0 saturated carbocycles. The molecule has 5 nitrogen and oxygen atoms in total. The van der Waals surface area contributed by atoms with Gasteiger partial charge in [0, 0.05) is 23.6 Å². The molecule has 9 heteroatoms. The number of nitrogens with one attached hydrogen (secondary N) is 1. The second-order valence-electron chi connectivity index (χ2n) is 6.13. The number of rotatable bonds is 2. The predicted molar refractivity (Wildman–Crippen MR) is 86.9 cm³/mol. The smallest absolute Gasteiger partial charge is 0.421 e. The van der Waals surface area contributed by atoms with E-state index in [2.05, 4.69) is 15.3 Å². The first-order chi connectivity index (χ1) is 12.3. The number of hydrogen-bond donors (Lipinski definition) is 2. The number of aromatic nitrogens is 2. The Kier molecular flexibility index (Phi) is 3.74. The third-order valence-corrected chi connectivity index (χ3v) is 4.45. The van der Waals surface area contributed by atoms with Gasteiger partial charge < -0.3 is 15.5 Å². The minimum absolute atomic E-state index is 0.0147. The Morgan fingerprint density at radius 2 is 2.08 bits per heavy atom. The molecule has 2 aromatic heterocycles. The Balaban J connectivity index is 1.70. The van der Waals surface area contributed by atoms with Crippen LogP contribution in [0.2, 0.25) is 0 Å². The molecule has 136 valence electrons. The number of alkyl halides is 3. The van der Waals surface area contributed by atoms with E-state index in [4.69, 9.17) is 10.2 Å². The highest BCUT2D eigenvalue weighted by Crippen LogP contribution is 2.40. The van der Waals surface area contributed by atoms with Gasteiger partial charge in [0.15, 0.2) is 11.4 Å². The Morgan fingerprint density at radius 3 is 2.81 bits per heavy atom. The van der Waals surface area contributed by atoms with Crippen molar-refractivity contribution in [2.75, 3.05) is 11.1 Å². The highest BCUT2D eigenvalue weighted by atomic mass is 19.4. The van der Waals surface area contributed by atoms with E-state index in [9.17, 15) is 17.6 Å². The molecule has 0 fully saturated rings. The second-order valence-corrected chi connectivity index (χ2v) is 6.13. The maximum atomic E-state index is 14.0. The van der Waals surface area contributed by atoms with E-state index in [0.29, 0.717) is 30.2 Å². The van der Waals surface area contributed by atoms with Crippen molar-refractivity contribution in [2.24, 2.45) is 0 Å². The van der Waals surface area contributed by atoms with Crippen LogP contribution in [0.5, 0.6) is 0 Å². The summed E-state index contributed by atoms with van der Waals surface area (Å²) in [5.74, 6) is -0.451. The summed E-state index contributed by atoms with van der Waals surface area (Å²) in [6.07, 6.45) is -1.83. The fourth-order valence-electron chi connectivity index (χ4n) is 3.32. The van der Waals surface area contributed by atoms with Crippen LogP contribution >= 0.6 is 0 Å². The second kappa shape index (κ2) is 5.86. The van der Waals surface area contributed by atoms with Gasteiger partial charge in [0.2, 0.25) is 5.95 Å². The van der Waals surface area contributed by atoms with Crippen LogP contribution in [-0.2, 0) is 12.6 Å². The molecule has 0 bridgehead atoms. The highest BCUT2D eigenvalue weighted by molar-refractivity contribution is 5.84. The Bertz CT molecular complexity index is 983. The molecule has 0 unspecified atom stereocenters. The maximum absolute atomic E-state index is 14.0. The van der Waals surface area contributed by atoms with Crippen molar-refractivity contribution < 1.29 is 22.0 Å². The number of nitrogens with two attached hydrogens (primary N) is 1. The van der Waals surface area contributed by atoms with Crippen LogP contribution in [-0.4, -0.2) is 9.97 Å². The lowest BCUT2D eigenvalue weighted by atomic mass is 9.91. The van der Waals surface area contributed by atoms with E-state index in [1.54, 1.807) is 12.1 Å². The van der Waals surface area contributed by atoms with Gasteiger partial charge in [0.25, 0.3) is 0 Å². The molecular weight excluding hydrogens is 352 g/mol. The summed E-state index contributed by atoms with van der Waals surface area (Å²) in [5.41, 5.74) is 5.30. The SMILES string of the molecule is Nc1nc(N[C@@H]2CCCc3oc4c(F)cccc4c32)ncc1C(F)(F)F. The van der Waals surface area contributed by atoms with Crippen molar-refractivity contribution in [3.63, 3.8) is 0 Å². The molecule has 3 aromatic rings. The number of anilines is 2. The van der Waals surface area contributed by atoms with Crippen LogP contribution in [0, 0.1) is 5.82 Å². The summed E-state index contributed by atoms with van der Waals surface area (Å²) in [6.45, 7) is 0. The third kappa shape index (κ3) is 2.73. The molecule has 0 radical (unpaired) electrons. The number of furan rings is 1. The number of halogens is 4. The average Bonchev–Trinajstić information content (AvgIpc) is 2.95. The molecule has 1 atom stereocenters. The normalized spacial score (nSPS) is 17.3. The van der Waals surface area contributed by atoms with Crippen molar-refractivity contribution in [1.82, 2.24) is 9.97 Å². The Morgan fingerprint density at radius 1 is 1.27 bits per heavy atom. The summed E-state index contributed by atoms with van der Waals surface area (Å²) < 4.78 is 58.0. The fourth-order valence-corrected chi connectivity index (χ4v) is 3.32. The highest BCUT2D eigenvalue weighted by Gasteiger charge is 2.35. The number of benzene rings is 1. The molecule has 0 amide bonds. The van der Waals surface area contributed by atoms with Crippen molar-refractivity contribution >= 4 is 22.7 Å². The maximum Gasteiger partial charge on any atom is 0.421 e. The van der Waals surface area contributed by atoms with E-state index in [1.165, 1.54) is 6.07 Å². The van der Waals surface area contributed by atoms with Crippen molar-refractivity contribution in [3.8, 4) is 0 Å². The van der Waals surface area contributed by atoms with Gasteiger partial charge in [0.1, 0.15) is 17.1 Å². The number of aryl methyl sites for hydroxylation is 1. The summed E-state index contributed by atoms with van der Waals surface area (Å²) in [7, 11) is 0. The lowest BCUT2D eigenvalue weighted by Gasteiger charge is -2.23. The number of fused-ring (bicyclic) bond motifs is 3. The molecule has 4 rings (SSSR count). The van der Waals surface area contributed by atoms with Gasteiger partial charge in [-0.2, -0.15) is 18.2 Å². The molecule has 0 aliphatic heterocycles. The summed E-state index contributed by atoms with van der Waals surface area (Å²) >= 11 is 0. The predicted octanol–water partition coefficient (Wildman–Crippen LogP) is 4.45. The van der Waals surface area contributed by atoms with Crippen LogP contribution in [0.3, 0.4) is 0 Å². The number of hydrogen-bond acceptors (Lipinski definition) is 5. The topological polar surface area (TPSA) is 77.0 Å². The standard InChI is InChI=1S/C17H14F4N4O/c18-10-4-1-3-8-13-11(5-2-6-12(13)26-14(8)10)24-16-23-7-9(15(22)25-16)17(19,20)21/h1,3-4,7,11H,2,5-6H2,(H3,22,23,24,25)/t11-/m1/s1. The quantitative estimate of drug-likeness (QED) is 0.655. The van der Waals surface area contributed by atoms with Crippen LogP contribution in [0.1, 0.15) is 35.8 Å². The van der Waals surface area contributed by atoms with Gasteiger partial charge in [0.05, 0.1) is 6.04 Å². The van der Waals surface area contributed by atoms with E-state index >= 15 is 0 Å². The van der Waals surface area contributed by atoms with Gasteiger partial charge >= 0.3 is 6.18 Å². The zero-order valence-electron chi connectivity index (χ0n) is 13.4. The van der Waals surface area contributed by atoms with Gasteiger partial charge in [-0.3, -0.25) is 0 Å². The first-order valence-corrected chi connectivity index (χ1v) is 8.00. The lowest BCUT2D eigenvalue weighted by Crippen LogP contribution is -2.19. The monoisotopic (exact) mass is 366 g/mol. The van der Waals surface area contributed by atoms with Crippen molar-refractivity contribution in [2.45, 2.75) is 31.5 Å². The summed E-state index contributed by atoms with van der Waals surface area (Å²) in [6, 6.07) is 4.35. The Hall–Kier alpha value is -2.84. The number of para-hydroxylation sites is 1. The van der Waals surface area contributed by atoms with E-state index in [0.717, 1.165) is 12.0 Å². The molecule has 2 heterocycles. The molecule has 0 spiro atoms. The van der Waals surface area contributed by atoms with Crippen molar-refractivity contribution in [1.29, 1.82) is 0 Å². The number of nitrogen functional groups attached to an aromatic ring is 1. The van der Waals surface area contributed by atoms with Crippen LogP contribution in [0.15, 0.2) is 28.8 Å². The fraction of sp³-hybridized carbons (Fsp3) is 0.294. The average molecular weight is 366 g/mol. The van der Waals surface area contributed by atoms with Crippen LogP contribution in [0.25, 0.3) is 11.0 Å². The van der Waals surface area contributed by atoms with Crippen LogP contribution < -0.4 is 11.1 Å². The molecular formula is C17H14F4N4O. The first kappa shape index (κ1) is 16.6. The molecule has 1 aliphatic carbocycles. The van der Waals surface area contributed by atoms with Gasteiger partial charge in [-0.15, -0.1) is 0 Å². The Labute approximate surface area is 145 Å². The zero-order valence-corrected chi connectivity index (χ0v) is 13.4. The molecule has 1 aromatic carbocycles. The van der Waals surface area contributed by atoms with E-state index < -0.39 is 23.4 Å². The summed E-state index contributed by atoms with van der Waals surface area (Å²) in [5, 5.41) is 3.64. The molecule has 1 aliphatic rings. The van der Waals surface area contributed by atoms with Crippen LogP contribution in [0.4, 0.5) is 29.3 Å². The number of nitrogens with zero attached hydrogens (tertiary/aromatic N) is 2. The van der Waals surface area contributed by atoms with Gasteiger partial charge in [-0.25, -0.2) is 9.37 Å². The van der Waals surface area contributed by atoms with Crippen molar-refractivity contribution in [3.05, 3.63) is 47.1 Å². The minimum Gasteiger partial charge on any atom is -0.458 e. The lowest BCUT2D eigenvalue weighted by molar-refractivity contribution is -0.137. The van der Waals surface area contributed by atoms with Gasteiger partial charge in [-0.05, 0) is 18.9 Å².